The summed E-state index contributed by atoms with van der Waals surface area (Å²) in [6.45, 7) is 2.62. The summed E-state index contributed by atoms with van der Waals surface area (Å²) in [7, 11) is 0. The Balaban J connectivity index is 1.70. The quantitative estimate of drug-likeness (QED) is 0.342. The van der Waals surface area contributed by atoms with Crippen LogP contribution in [0.3, 0.4) is 0 Å². The standard InChI is InChI=1S/C27H23NO3/c1-2-30-27(29)22-12-8-11-21(17-22)23-15-16-28-18-25(23)24-13-6-7-14-26(24)31-19-20-9-4-3-5-10-20/h3-18H,2,19H2,1H3. The van der Waals surface area contributed by atoms with Gasteiger partial charge >= 0.3 is 5.97 Å². The average Bonchev–Trinajstić information content (AvgIpc) is 2.84. The Bertz CT molecular complexity index is 1170. The number of rotatable bonds is 7. The van der Waals surface area contributed by atoms with Gasteiger partial charge in [0.25, 0.3) is 0 Å². The first-order chi connectivity index (χ1) is 15.3. The van der Waals surface area contributed by atoms with Crippen molar-refractivity contribution in [2.75, 3.05) is 6.61 Å². The minimum absolute atomic E-state index is 0.327. The summed E-state index contributed by atoms with van der Waals surface area (Å²) in [5.41, 5.74) is 5.40. The van der Waals surface area contributed by atoms with Crippen LogP contribution in [0.2, 0.25) is 0 Å². The molecule has 0 radical (unpaired) electrons. The van der Waals surface area contributed by atoms with Crippen LogP contribution >= 0.6 is 0 Å². The van der Waals surface area contributed by atoms with E-state index in [2.05, 4.69) is 4.98 Å². The molecule has 1 aromatic heterocycles. The molecule has 0 aliphatic heterocycles. The number of esters is 1. The van der Waals surface area contributed by atoms with E-state index in [4.69, 9.17) is 9.47 Å². The maximum Gasteiger partial charge on any atom is 0.338 e. The molecular formula is C27H23NO3. The van der Waals surface area contributed by atoms with E-state index in [-0.39, 0.29) is 5.97 Å². The van der Waals surface area contributed by atoms with Crippen molar-refractivity contribution in [1.82, 2.24) is 4.98 Å². The average molecular weight is 409 g/mol. The molecule has 154 valence electrons. The molecule has 0 spiro atoms. The maximum absolute atomic E-state index is 12.2. The lowest BCUT2D eigenvalue weighted by molar-refractivity contribution is 0.0526. The molecule has 0 bridgehead atoms. The van der Waals surface area contributed by atoms with Gasteiger partial charge in [0, 0.05) is 23.5 Å². The normalized spacial score (nSPS) is 10.5. The molecule has 0 atom stereocenters. The molecule has 4 aromatic rings. The highest BCUT2D eigenvalue weighted by Gasteiger charge is 2.14. The van der Waals surface area contributed by atoms with Gasteiger partial charge in [0.15, 0.2) is 0 Å². The van der Waals surface area contributed by atoms with Crippen molar-refractivity contribution in [2.24, 2.45) is 0 Å². The molecule has 4 heteroatoms. The molecular weight excluding hydrogens is 386 g/mol. The predicted molar refractivity (Wildman–Crippen MR) is 122 cm³/mol. The van der Waals surface area contributed by atoms with Gasteiger partial charge in [-0.25, -0.2) is 4.79 Å². The summed E-state index contributed by atoms with van der Waals surface area (Å²) in [6, 6.07) is 27.4. The molecule has 0 aliphatic rings. The number of para-hydroxylation sites is 1. The van der Waals surface area contributed by atoms with Crippen molar-refractivity contribution in [3.05, 3.63) is 108 Å². The van der Waals surface area contributed by atoms with E-state index in [0.717, 1.165) is 33.6 Å². The summed E-state index contributed by atoms with van der Waals surface area (Å²) in [6.07, 6.45) is 3.58. The number of nitrogens with zero attached hydrogens (tertiary/aromatic N) is 1. The third-order valence-electron chi connectivity index (χ3n) is 4.92. The van der Waals surface area contributed by atoms with Crippen molar-refractivity contribution in [3.63, 3.8) is 0 Å². The summed E-state index contributed by atoms with van der Waals surface area (Å²) in [5.74, 6) is 0.453. The molecule has 0 N–H and O–H groups in total. The highest BCUT2D eigenvalue weighted by Crippen LogP contribution is 2.37. The predicted octanol–water partition coefficient (Wildman–Crippen LogP) is 6.17. The number of ether oxygens (including phenoxy) is 2. The maximum atomic E-state index is 12.2. The van der Waals surface area contributed by atoms with Crippen molar-refractivity contribution in [3.8, 4) is 28.0 Å². The molecule has 0 aliphatic carbocycles. The van der Waals surface area contributed by atoms with Gasteiger partial charge in [0.05, 0.1) is 12.2 Å². The highest BCUT2D eigenvalue weighted by atomic mass is 16.5. The molecule has 1 heterocycles. The molecule has 4 nitrogen and oxygen atoms in total. The first-order valence-corrected chi connectivity index (χ1v) is 10.2. The summed E-state index contributed by atoms with van der Waals surface area (Å²) in [5, 5.41) is 0. The number of aromatic nitrogens is 1. The Morgan fingerprint density at radius 2 is 1.65 bits per heavy atom. The van der Waals surface area contributed by atoms with Crippen LogP contribution in [0.5, 0.6) is 5.75 Å². The molecule has 31 heavy (non-hydrogen) atoms. The first kappa shape index (κ1) is 20.4. The van der Waals surface area contributed by atoms with E-state index in [1.165, 1.54) is 0 Å². The largest absolute Gasteiger partial charge is 0.488 e. The van der Waals surface area contributed by atoms with Crippen LogP contribution < -0.4 is 4.74 Å². The molecule has 0 amide bonds. The Morgan fingerprint density at radius 3 is 2.48 bits per heavy atom. The second-order valence-corrected chi connectivity index (χ2v) is 6.99. The van der Waals surface area contributed by atoms with E-state index in [9.17, 15) is 4.79 Å². The summed E-state index contributed by atoms with van der Waals surface area (Å²) in [4.78, 5) is 16.5. The zero-order valence-corrected chi connectivity index (χ0v) is 17.3. The van der Waals surface area contributed by atoms with Gasteiger partial charge in [0.2, 0.25) is 0 Å². The van der Waals surface area contributed by atoms with E-state index in [0.29, 0.717) is 18.8 Å². The van der Waals surface area contributed by atoms with Gasteiger partial charge in [-0.3, -0.25) is 4.98 Å². The number of pyridine rings is 1. The van der Waals surface area contributed by atoms with Crippen LogP contribution in [0.4, 0.5) is 0 Å². The monoisotopic (exact) mass is 409 g/mol. The lowest BCUT2D eigenvalue weighted by Gasteiger charge is -2.15. The summed E-state index contributed by atoms with van der Waals surface area (Å²) >= 11 is 0. The van der Waals surface area contributed by atoms with E-state index >= 15 is 0 Å². The van der Waals surface area contributed by atoms with Gasteiger partial charge in [-0.1, -0.05) is 60.7 Å². The number of carbonyl (C=O) groups is 1. The van der Waals surface area contributed by atoms with Gasteiger partial charge in [-0.2, -0.15) is 0 Å². The lowest BCUT2D eigenvalue weighted by atomic mass is 9.95. The molecule has 0 unspecified atom stereocenters. The highest BCUT2D eigenvalue weighted by molar-refractivity contribution is 5.93. The van der Waals surface area contributed by atoms with Crippen LogP contribution in [0, 0.1) is 0 Å². The van der Waals surface area contributed by atoms with Crippen molar-refractivity contribution in [1.29, 1.82) is 0 Å². The lowest BCUT2D eigenvalue weighted by Crippen LogP contribution is -2.04. The molecule has 0 saturated carbocycles. The fourth-order valence-electron chi connectivity index (χ4n) is 3.44. The number of hydrogen-bond acceptors (Lipinski definition) is 4. The number of benzene rings is 3. The van der Waals surface area contributed by atoms with Crippen LogP contribution in [0.1, 0.15) is 22.8 Å². The Morgan fingerprint density at radius 1 is 0.839 bits per heavy atom. The van der Waals surface area contributed by atoms with Gasteiger partial charge in [-0.05, 0) is 47.9 Å². The summed E-state index contributed by atoms with van der Waals surface area (Å²) < 4.78 is 11.3. The zero-order chi connectivity index (χ0) is 21.5. The minimum atomic E-state index is -0.327. The molecule has 0 fully saturated rings. The first-order valence-electron chi connectivity index (χ1n) is 10.2. The van der Waals surface area contributed by atoms with Crippen LogP contribution in [0.15, 0.2) is 97.3 Å². The second-order valence-electron chi connectivity index (χ2n) is 6.99. The van der Waals surface area contributed by atoms with Crippen LogP contribution in [-0.2, 0) is 11.3 Å². The van der Waals surface area contributed by atoms with Crippen LogP contribution in [-0.4, -0.2) is 17.6 Å². The zero-order valence-electron chi connectivity index (χ0n) is 17.3. The molecule has 3 aromatic carbocycles. The fourth-order valence-corrected chi connectivity index (χ4v) is 3.44. The minimum Gasteiger partial charge on any atom is -0.488 e. The van der Waals surface area contributed by atoms with Gasteiger partial charge in [-0.15, -0.1) is 0 Å². The third-order valence-corrected chi connectivity index (χ3v) is 4.92. The second kappa shape index (κ2) is 9.72. The Labute approximate surface area is 182 Å². The van der Waals surface area contributed by atoms with Crippen molar-refractivity contribution in [2.45, 2.75) is 13.5 Å². The van der Waals surface area contributed by atoms with Crippen LogP contribution in [0.25, 0.3) is 22.3 Å². The Hall–Kier alpha value is -3.92. The van der Waals surface area contributed by atoms with Crippen molar-refractivity contribution >= 4 is 5.97 Å². The number of carbonyl (C=O) groups excluding carboxylic acids is 1. The third kappa shape index (κ3) is 4.81. The van der Waals surface area contributed by atoms with E-state index in [1.807, 2.05) is 85.1 Å². The van der Waals surface area contributed by atoms with Crippen molar-refractivity contribution < 1.29 is 14.3 Å². The SMILES string of the molecule is CCOC(=O)c1cccc(-c2ccncc2-c2ccccc2OCc2ccccc2)c1. The smallest absolute Gasteiger partial charge is 0.338 e. The topological polar surface area (TPSA) is 48.4 Å². The van der Waals surface area contributed by atoms with E-state index < -0.39 is 0 Å². The number of hydrogen-bond donors (Lipinski definition) is 0. The van der Waals surface area contributed by atoms with Gasteiger partial charge in [0.1, 0.15) is 12.4 Å². The fraction of sp³-hybridized carbons (Fsp3) is 0.111. The van der Waals surface area contributed by atoms with E-state index in [1.54, 1.807) is 19.2 Å². The Kier molecular flexibility index (Phi) is 6.38. The molecule has 4 rings (SSSR count). The molecule has 0 saturated heterocycles. The van der Waals surface area contributed by atoms with Gasteiger partial charge < -0.3 is 9.47 Å².